The van der Waals surface area contributed by atoms with Crippen LogP contribution < -0.4 is 5.32 Å². The average molecular weight is 267 g/mol. The fourth-order valence-corrected chi connectivity index (χ4v) is 2.35. The Morgan fingerprint density at radius 2 is 2.16 bits per heavy atom. The van der Waals surface area contributed by atoms with E-state index in [0.29, 0.717) is 31.7 Å². The SMILES string of the molecule is COC(=O)C1(Nc2ccccc2F)CCCOCC1. The van der Waals surface area contributed by atoms with Crippen molar-refractivity contribution in [3.63, 3.8) is 0 Å². The zero-order valence-corrected chi connectivity index (χ0v) is 10.9. The number of benzene rings is 1. The molecule has 5 heteroatoms. The monoisotopic (exact) mass is 267 g/mol. The Labute approximate surface area is 111 Å². The number of para-hydroxylation sites is 1. The van der Waals surface area contributed by atoms with E-state index >= 15 is 0 Å². The molecule has 2 rings (SSSR count). The fraction of sp³-hybridized carbons (Fsp3) is 0.500. The van der Waals surface area contributed by atoms with Crippen LogP contribution in [0.25, 0.3) is 0 Å². The maximum atomic E-state index is 13.7. The highest BCUT2D eigenvalue weighted by Crippen LogP contribution is 2.29. The minimum atomic E-state index is -0.909. The molecule has 0 spiro atoms. The molecule has 0 aliphatic carbocycles. The summed E-state index contributed by atoms with van der Waals surface area (Å²) in [6.45, 7) is 1.06. The summed E-state index contributed by atoms with van der Waals surface area (Å²) in [6, 6.07) is 6.32. The zero-order chi connectivity index (χ0) is 13.7. The molecule has 1 fully saturated rings. The lowest BCUT2D eigenvalue weighted by atomic mass is 9.90. The van der Waals surface area contributed by atoms with Gasteiger partial charge in [-0.2, -0.15) is 0 Å². The molecule has 1 aliphatic heterocycles. The Morgan fingerprint density at radius 1 is 1.37 bits per heavy atom. The summed E-state index contributed by atoms with van der Waals surface area (Å²) in [5.74, 6) is -0.753. The van der Waals surface area contributed by atoms with Crippen molar-refractivity contribution in [3.8, 4) is 0 Å². The van der Waals surface area contributed by atoms with Crippen molar-refractivity contribution in [2.24, 2.45) is 0 Å². The largest absolute Gasteiger partial charge is 0.467 e. The Balaban J connectivity index is 2.27. The molecular weight excluding hydrogens is 249 g/mol. The number of methoxy groups -OCH3 is 1. The van der Waals surface area contributed by atoms with Crippen molar-refractivity contribution >= 4 is 11.7 Å². The summed E-state index contributed by atoms with van der Waals surface area (Å²) < 4.78 is 24.0. The summed E-state index contributed by atoms with van der Waals surface area (Å²) >= 11 is 0. The second-order valence-electron chi connectivity index (χ2n) is 4.64. The normalized spacial score (nSPS) is 23.5. The quantitative estimate of drug-likeness (QED) is 0.854. The summed E-state index contributed by atoms with van der Waals surface area (Å²) in [5.41, 5.74) is -0.595. The van der Waals surface area contributed by atoms with Crippen LogP contribution in [-0.2, 0) is 14.3 Å². The number of hydrogen-bond donors (Lipinski definition) is 1. The van der Waals surface area contributed by atoms with E-state index in [4.69, 9.17) is 9.47 Å². The lowest BCUT2D eigenvalue weighted by molar-refractivity contribution is -0.146. The van der Waals surface area contributed by atoms with Crippen LogP contribution in [0, 0.1) is 5.82 Å². The molecule has 0 bridgehead atoms. The van der Waals surface area contributed by atoms with Crippen LogP contribution >= 0.6 is 0 Å². The van der Waals surface area contributed by atoms with Crippen LogP contribution in [0.3, 0.4) is 0 Å². The number of carbonyl (C=O) groups is 1. The van der Waals surface area contributed by atoms with Crippen LogP contribution in [0.4, 0.5) is 10.1 Å². The maximum Gasteiger partial charge on any atom is 0.331 e. The lowest BCUT2D eigenvalue weighted by Gasteiger charge is -2.31. The fourth-order valence-electron chi connectivity index (χ4n) is 2.35. The first-order chi connectivity index (χ1) is 9.18. The highest BCUT2D eigenvalue weighted by molar-refractivity contribution is 5.84. The van der Waals surface area contributed by atoms with Gasteiger partial charge < -0.3 is 14.8 Å². The van der Waals surface area contributed by atoms with Gasteiger partial charge in [0.2, 0.25) is 0 Å². The second kappa shape index (κ2) is 6.02. The molecule has 19 heavy (non-hydrogen) atoms. The number of carbonyl (C=O) groups excluding carboxylic acids is 1. The third-order valence-corrected chi connectivity index (χ3v) is 3.39. The van der Waals surface area contributed by atoms with Gasteiger partial charge in [0, 0.05) is 19.6 Å². The highest BCUT2D eigenvalue weighted by atomic mass is 19.1. The highest BCUT2D eigenvalue weighted by Gasteiger charge is 2.40. The minimum Gasteiger partial charge on any atom is -0.467 e. The van der Waals surface area contributed by atoms with E-state index in [9.17, 15) is 9.18 Å². The molecule has 1 aromatic carbocycles. The van der Waals surface area contributed by atoms with Gasteiger partial charge in [-0.05, 0) is 25.0 Å². The van der Waals surface area contributed by atoms with Gasteiger partial charge in [-0.1, -0.05) is 12.1 Å². The third-order valence-electron chi connectivity index (χ3n) is 3.39. The number of rotatable bonds is 3. The van der Waals surface area contributed by atoms with Gasteiger partial charge in [0.1, 0.15) is 11.4 Å². The molecule has 1 aliphatic rings. The molecule has 1 heterocycles. The number of ether oxygens (including phenoxy) is 2. The topological polar surface area (TPSA) is 47.6 Å². The second-order valence-corrected chi connectivity index (χ2v) is 4.64. The van der Waals surface area contributed by atoms with Gasteiger partial charge >= 0.3 is 5.97 Å². The van der Waals surface area contributed by atoms with E-state index in [-0.39, 0.29) is 11.8 Å². The molecule has 0 radical (unpaired) electrons. The van der Waals surface area contributed by atoms with Crippen molar-refractivity contribution in [3.05, 3.63) is 30.1 Å². The van der Waals surface area contributed by atoms with E-state index in [1.807, 2.05) is 0 Å². The van der Waals surface area contributed by atoms with E-state index < -0.39 is 5.54 Å². The Kier molecular flexibility index (Phi) is 4.37. The molecule has 4 nitrogen and oxygen atoms in total. The first-order valence-electron chi connectivity index (χ1n) is 6.37. The number of anilines is 1. The Hall–Kier alpha value is -1.62. The predicted molar refractivity (Wildman–Crippen MR) is 69.4 cm³/mol. The molecular formula is C14H18FNO3. The molecule has 1 N–H and O–H groups in total. The molecule has 0 saturated carbocycles. The lowest BCUT2D eigenvalue weighted by Crippen LogP contribution is -2.47. The van der Waals surface area contributed by atoms with Crippen LogP contribution in [0.5, 0.6) is 0 Å². The van der Waals surface area contributed by atoms with Gasteiger partial charge in [0.25, 0.3) is 0 Å². The van der Waals surface area contributed by atoms with Crippen molar-refractivity contribution < 1.29 is 18.7 Å². The number of esters is 1. The first kappa shape index (κ1) is 13.8. The molecule has 1 unspecified atom stereocenters. The molecule has 104 valence electrons. The van der Waals surface area contributed by atoms with Crippen molar-refractivity contribution in [2.75, 3.05) is 25.6 Å². The predicted octanol–water partition coefficient (Wildman–Crippen LogP) is 2.35. The standard InChI is InChI=1S/C14H18FNO3/c1-18-13(17)14(7-4-9-19-10-8-14)16-12-6-3-2-5-11(12)15/h2-3,5-6,16H,4,7-10H2,1H3. The van der Waals surface area contributed by atoms with Gasteiger partial charge in [-0.3, -0.25) is 0 Å². The number of halogens is 1. The van der Waals surface area contributed by atoms with E-state index in [1.165, 1.54) is 13.2 Å². The molecule has 0 aromatic heterocycles. The maximum absolute atomic E-state index is 13.7. The summed E-state index contributed by atoms with van der Waals surface area (Å²) in [5, 5.41) is 3.02. The summed E-state index contributed by atoms with van der Waals surface area (Å²) in [4.78, 5) is 12.1. The van der Waals surface area contributed by atoms with Crippen LogP contribution in [0.1, 0.15) is 19.3 Å². The van der Waals surface area contributed by atoms with Gasteiger partial charge in [0.15, 0.2) is 0 Å². The summed E-state index contributed by atoms with van der Waals surface area (Å²) in [7, 11) is 1.35. The summed E-state index contributed by atoms with van der Waals surface area (Å²) in [6.07, 6.45) is 1.76. The van der Waals surface area contributed by atoms with Crippen molar-refractivity contribution in [1.29, 1.82) is 0 Å². The van der Waals surface area contributed by atoms with Gasteiger partial charge in [-0.25, -0.2) is 9.18 Å². The molecule has 0 amide bonds. The van der Waals surface area contributed by atoms with Gasteiger partial charge in [0.05, 0.1) is 12.8 Å². The van der Waals surface area contributed by atoms with Crippen LogP contribution in [0.15, 0.2) is 24.3 Å². The van der Waals surface area contributed by atoms with Crippen molar-refractivity contribution in [2.45, 2.75) is 24.8 Å². The van der Waals surface area contributed by atoms with E-state index in [0.717, 1.165) is 6.42 Å². The van der Waals surface area contributed by atoms with Gasteiger partial charge in [-0.15, -0.1) is 0 Å². The average Bonchev–Trinajstić information content (AvgIpc) is 2.67. The Morgan fingerprint density at radius 3 is 2.89 bits per heavy atom. The minimum absolute atomic E-state index is 0.315. The number of hydrogen-bond acceptors (Lipinski definition) is 4. The molecule has 1 aromatic rings. The smallest absolute Gasteiger partial charge is 0.331 e. The van der Waals surface area contributed by atoms with Crippen LogP contribution in [-0.4, -0.2) is 31.8 Å². The van der Waals surface area contributed by atoms with Crippen molar-refractivity contribution in [1.82, 2.24) is 0 Å². The van der Waals surface area contributed by atoms with Crippen LogP contribution in [0.2, 0.25) is 0 Å². The Bertz CT molecular complexity index is 442. The molecule has 1 atom stereocenters. The zero-order valence-electron chi connectivity index (χ0n) is 10.9. The van der Waals surface area contributed by atoms with E-state index in [1.54, 1.807) is 18.2 Å². The van der Waals surface area contributed by atoms with E-state index in [2.05, 4.69) is 5.32 Å². The molecule has 1 saturated heterocycles. The first-order valence-corrected chi connectivity index (χ1v) is 6.37. The third kappa shape index (κ3) is 3.04. The number of nitrogens with one attached hydrogen (secondary N) is 1.